The third kappa shape index (κ3) is 1.81. The van der Waals surface area contributed by atoms with E-state index in [1.807, 2.05) is 0 Å². The van der Waals surface area contributed by atoms with E-state index in [1.165, 1.54) is 27.4 Å². The largest absolute Gasteiger partial charge is 0.496 e. The van der Waals surface area contributed by atoms with Crippen molar-refractivity contribution in [1.29, 1.82) is 0 Å². The molecule has 0 fully saturated rings. The zero-order valence-electron chi connectivity index (χ0n) is 12.7. The number of aromatic nitrogens is 1. The molecule has 2 heteroatoms. The molecule has 0 aliphatic carbocycles. The molecule has 1 heterocycles. The van der Waals surface area contributed by atoms with Gasteiger partial charge in [0.15, 0.2) is 0 Å². The highest BCUT2D eigenvalue weighted by atomic mass is 16.5. The smallest absolute Gasteiger partial charge is 0.128 e. The molecule has 4 rings (SSSR count). The van der Waals surface area contributed by atoms with Crippen LogP contribution in [0.1, 0.15) is 0 Å². The molecule has 2 nitrogen and oxygen atoms in total. The lowest BCUT2D eigenvalue weighted by Crippen LogP contribution is -1.95. The third-order valence-electron chi connectivity index (χ3n) is 4.32. The fraction of sp³-hybridized carbons (Fsp3) is 0.100. The maximum Gasteiger partial charge on any atom is 0.128 e. The van der Waals surface area contributed by atoms with Gasteiger partial charge in [-0.25, -0.2) is 0 Å². The summed E-state index contributed by atoms with van der Waals surface area (Å²) in [4.78, 5) is 0. The maximum absolute atomic E-state index is 5.65. The van der Waals surface area contributed by atoms with Crippen LogP contribution in [0.5, 0.6) is 5.75 Å². The molecule has 0 saturated carbocycles. The lowest BCUT2D eigenvalue weighted by molar-refractivity contribution is 0.416. The van der Waals surface area contributed by atoms with Crippen LogP contribution in [0.3, 0.4) is 0 Å². The molecule has 0 aliphatic rings. The molecule has 4 aromatic rings. The zero-order chi connectivity index (χ0) is 15.1. The Morgan fingerprint density at radius 3 is 2.32 bits per heavy atom. The highest BCUT2D eigenvalue weighted by molar-refractivity contribution is 6.01. The van der Waals surface area contributed by atoms with Crippen LogP contribution in [0.15, 0.2) is 66.7 Å². The Bertz CT molecular complexity index is 982. The van der Waals surface area contributed by atoms with Gasteiger partial charge in [-0.15, -0.1) is 0 Å². The van der Waals surface area contributed by atoms with Gasteiger partial charge in [-0.2, -0.15) is 0 Å². The lowest BCUT2D eigenvalue weighted by Gasteiger charge is -2.13. The normalized spacial score (nSPS) is 11.2. The van der Waals surface area contributed by atoms with E-state index in [1.54, 1.807) is 7.11 Å². The number of fused-ring (bicyclic) bond motifs is 2. The van der Waals surface area contributed by atoms with Crippen LogP contribution in [-0.4, -0.2) is 11.7 Å². The molecule has 22 heavy (non-hydrogen) atoms. The predicted molar refractivity (Wildman–Crippen MR) is 92.4 cm³/mol. The van der Waals surface area contributed by atoms with Gasteiger partial charge in [-0.05, 0) is 29.0 Å². The number of benzene rings is 3. The molecule has 0 atom stereocenters. The van der Waals surface area contributed by atoms with E-state index < -0.39 is 0 Å². The maximum atomic E-state index is 5.65. The molecule has 0 N–H and O–H groups in total. The molecule has 0 unspecified atom stereocenters. The second kappa shape index (κ2) is 4.92. The number of ether oxygens (including phenoxy) is 1. The monoisotopic (exact) mass is 287 g/mol. The van der Waals surface area contributed by atoms with Crippen molar-refractivity contribution >= 4 is 21.7 Å². The molecule has 1 aromatic heterocycles. The van der Waals surface area contributed by atoms with Crippen molar-refractivity contribution in [2.45, 2.75) is 0 Å². The van der Waals surface area contributed by atoms with Gasteiger partial charge in [-0.3, -0.25) is 0 Å². The quantitative estimate of drug-likeness (QED) is 0.505. The number of hydrogen-bond donors (Lipinski definition) is 0. The highest BCUT2D eigenvalue weighted by Crippen LogP contribution is 2.39. The molecule has 0 bridgehead atoms. The highest BCUT2D eigenvalue weighted by Gasteiger charge is 2.15. The van der Waals surface area contributed by atoms with Gasteiger partial charge in [-0.1, -0.05) is 48.5 Å². The topological polar surface area (TPSA) is 14.2 Å². The van der Waals surface area contributed by atoms with Gasteiger partial charge >= 0.3 is 0 Å². The first-order chi connectivity index (χ1) is 10.8. The Morgan fingerprint density at radius 2 is 1.55 bits per heavy atom. The Labute approximate surface area is 129 Å². The minimum absolute atomic E-state index is 0.907. The fourth-order valence-corrected chi connectivity index (χ4v) is 3.21. The van der Waals surface area contributed by atoms with Crippen LogP contribution in [0, 0.1) is 0 Å². The average Bonchev–Trinajstić information content (AvgIpc) is 2.91. The van der Waals surface area contributed by atoms with E-state index in [0.29, 0.717) is 0 Å². The van der Waals surface area contributed by atoms with Crippen LogP contribution in [0.4, 0.5) is 0 Å². The second-order valence-corrected chi connectivity index (χ2v) is 5.51. The Kier molecular flexibility index (Phi) is 2.90. The number of para-hydroxylation sites is 1. The fourth-order valence-electron chi connectivity index (χ4n) is 3.21. The summed E-state index contributed by atoms with van der Waals surface area (Å²) in [5.41, 5.74) is 3.56. The minimum Gasteiger partial charge on any atom is -0.496 e. The molecule has 0 radical (unpaired) electrons. The Hall–Kier alpha value is -2.74. The predicted octanol–water partition coefficient (Wildman–Crippen LogP) is 5.01. The van der Waals surface area contributed by atoms with Crippen molar-refractivity contribution in [2.24, 2.45) is 7.05 Å². The van der Waals surface area contributed by atoms with Gasteiger partial charge in [0.05, 0.1) is 12.8 Å². The van der Waals surface area contributed by atoms with Crippen LogP contribution in [0.2, 0.25) is 0 Å². The molecule has 0 amide bonds. The summed E-state index contributed by atoms with van der Waals surface area (Å²) in [5.74, 6) is 0.907. The number of aryl methyl sites for hydroxylation is 1. The van der Waals surface area contributed by atoms with E-state index in [2.05, 4.69) is 78.3 Å². The SMILES string of the molecule is COc1ccc2ccccc2c1-c1cc2ccccc2n1C. The van der Waals surface area contributed by atoms with E-state index in [0.717, 1.165) is 11.3 Å². The number of nitrogens with zero attached hydrogens (tertiary/aromatic N) is 1. The summed E-state index contributed by atoms with van der Waals surface area (Å²) >= 11 is 0. The second-order valence-electron chi connectivity index (χ2n) is 5.51. The van der Waals surface area contributed by atoms with E-state index in [4.69, 9.17) is 4.74 Å². The van der Waals surface area contributed by atoms with Crippen LogP contribution in [0.25, 0.3) is 32.9 Å². The van der Waals surface area contributed by atoms with Crippen molar-refractivity contribution in [3.8, 4) is 17.0 Å². The van der Waals surface area contributed by atoms with Crippen LogP contribution < -0.4 is 4.74 Å². The summed E-state index contributed by atoms with van der Waals surface area (Å²) in [6.45, 7) is 0. The van der Waals surface area contributed by atoms with Gasteiger partial charge in [0.2, 0.25) is 0 Å². The lowest BCUT2D eigenvalue weighted by atomic mass is 10.0. The number of rotatable bonds is 2. The minimum atomic E-state index is 0.907. The van der Waals surface area contributed by atoms with Crippen molar-refractivity contribution in [3.05, 3.63) is 66.7 Å². The van der Waals surface area contributed by atoms with Gasteiger partial charge in [0.1, 0.15) is 5.75 Å². The molecular weight excluding hydrogens is 270 g/mol. The molecule has 0 spiro atoms. The number of methoxy groups -OCH3 is 1. The first-order valence-corrected chi connectivity index (χ1v) is 7.40. The summed E-state index contributed by atoms with van der Waals surface area (Å²) in [5, 5.41) is 3.69. The molecule has 0 aliphatic heterocycles. The van der Waals surface area contributed by atoms with Crippen LogP contribution >= 0.6 is 0 Å². The molecule has 0 saturated heterocycles. The Morgan fingerprint density at radius 1 is 0.818 bits per heavy atom. The van der Waals surface area contributed by atoms with Gasteiger partial charge in [0, 0.05) is 23.5 Å². The summed E-state index contributed by atoms with van der Waals surface area (Å²) in [7, 11) is 3.84. The first kappa shape index (κ1) is 13.0. The summed E-state index contributed by atoms with van der Waals surface area (Å²) in [6, 6.07) is 23.3. The van der Waals surface area contributed by atoms with Crippen molar-refractivity contribution in [1.82, 2.24) is 4.57 Å². The standard InChI is InChI=1S/C20H17NO/c1-21-17-10-6-4-8-15(17)13-18(21)20-16-9-5-3-7-14(16)11-12-19(20)22-2/h3-13H,1-2H3. The summed E-state index contributed by atoms with van der Waals surface area (Å²) < 4.78 is 7.88. The molecular formula is C20H17NO. The van der Waals surface area contributed by atoms with Crippen LogP contribution in [-0.2, 0) is 7.05 Å². The Balaban J connectivity index is 2.13. The van der Waals surface area contributed by atoms with E-state index in [9.17, 15) is 0 Å². The summed E-state index contributed by atoms with van der Waals surface area (Å²) in [6.07, 6.45) is 0. The van der Waals surface area contributed by atoms with Crippen molar-refractivity contribution in [3.63, 3.8) is 0 Å². The van der Waals surface area contributed by atoms with E-state index in [-0.39, 0.29) is 0 Å². The zero-order valence-corrected chi connectivity index (χ0v) is 12.7. The third-order valence-corrected chi connectivity index (χ3v) is 4.32. The molecule has 108 valence electrons. The van der Waals surface area contributed by atoms with Gasteiger partial charge < -0.3 is 9.30 Å². The van der Waals surface area contributed by atoms with Crippen molar-refractivity contribution in [2.75, 3.05) is 7.11 Å². The van der Waals surface area contributed by atoms with Crippen molar-refractivity contribution < 1.29 is 4.74 Å². The van der Waals surface area contributed by atoms with Gasteiger partial charge in [0.25, 0.3) is 0 Å². The number of hydrogen-bond acceptors (Lipinski definition) is 1. The average molecular weight is 287 g/mol. The van der Waals surface area contributed by atoms with E-state index >= 15 is 0 Å². The first-order valence-electron chi connectivity index (χ1n) is 7.40. The molecule has 3 aromatic carbocycles.